The SMILES string of the molecule is CC(C(=O)O)c1ccc(CSC(C(N)=O)C2CCCC2)cc1. The number of carbonyl (C=O) groups is 2. The number of aliphatic carboxylic acids is 1. The first-order chi connectivity index (χ1) is 10.5. The predicted octanol–water partition coefficient (Wildman–Crippen LogP) is 3.15. The molecule has 1 saturated carbocycles. The Morgan fingerprint density at radius 1 is 1.27 bits per heavy atom. The van der Waals surface area contributed by atoms with Gasteiger partial charge in [-0.15, -0.1) is 11.8 Å². The summed E-state index contributed by atoms with van der Waals surface area (Å²) in [6, 6.07) is 7.58. The fraction of sp³-hybridized carbons (Fsp3) is 0.529. The Balaban J connectivity index is 1.95. The van der Waals surface area contributed by atoms with E-state index in [0.717, 1.165) is 29.7 Å². The number of hydrogen-bond donors (Lipinski definition) is 2. The Morgan fingerprint density at radius 2 is 1.86 bits per heavy atom. The van der Waals surface area contributed by atoms with Gasteiger partial charge in [0.25, 0.3) is 0 Å². The summed E-state index contributed by atoms with van der Waals surface area (Å²) in [6.45, 7) is 1.68. The van der Waals surface area contributed by atoms with Crippen molar-refractivity contribution in [3.63, 3.8) is 0 Å². The molecule has 1 amide bonds. The number of nitrogens with two attached hydrogens (primary N) is 1. The summed E-state index contributed by atoms with van der Waals surface area (Å²) >= 11 is 1.61. The standard InChI is InChI=1S/C17H23NO3S/c1-11(17(20)21)13-8-6-12(7-9-13)10-22-15(16(18)19)14-4-2-3-5-14/h6-9,11,14-15H,2-5,10H2,1H3,(H2,18,19)(H,20,21). The molecule has 4 nitrogen and oxygen atoms in total. The summed E-state index contributed by atoms with van der Waals surface area (Å²) in [5, 5.41) is 8.90. The molecule has 5 heteroatoms. The molecule has 1 aromatic rings. The van der Waals surface area contributed by atoms with Gasteiger partial charge in [0.1, 0.15) is 0 Å². The summed E-state index contributed by atoms with van der Waals surface area (Å²) in [6.07, 6.45) is 4.57. The topological polar surface area (TPSA) is 80.4 Å². The number of rotatable bonds is 7. The first kappa shape index (κ1) is 16.9. The lowest BCUT2D eigenvalue weighted by Gasteiger charge is -2.19. The zero-order chi connectivity index (χ0) is 16.1. The molecule has 22 heavy (non-hydrogen) atoms. The molecule has 2 atom stereocenters. The minimum Gasteiger partial charge on any atom is -0.481 e. The Hall–Kier alpha value is -1.49. The number of thioether (sulfide) groups is 1. The van der Waals surface area contributed by atoms with Gasteiger partial charge in [-0.25, -0.2) is 0 Å². The van der Waals surface area contributed by atoms with E-state index in [4.69, 9.17) is 10.8 Å². The first-order valence-corrected chi connectivity index (χ1v) is 8.76. The predicted molar refractivity (Wildman–Crippen MR) is 88.7 cm³/mol. The molecule has 3 N–H and O–H groups in total. The van der Waals surface area contributed by atoms with Crippen LogP contribution >= 0.6 is 11.8 Å². The maximum absolute atomic E-state index is 11.7. The van der Waals surface area contributed by atoms with E-state index in [2.05, 4.69) is 0 Å². The van der Waals surface area contributed by atoms with Crippen LogP contribution in [0.3, 0.4) is 0 Å². The molecule has 1 aliphatic rings. The lowest BCUT2D eigenvalue weighted by Crippen LogP contribution is -2.31. The van der Waals surface area contributed by atoms with Gasteiger partial charge in [-0.1, -0.05) is 37.1 Å². The highest BCUT2D eigenvalue weighted by Gasteiger charge is 2.29. The number of amides is 1. The first-order valence-electron chi connectivity index (χ1n) is 7.71. The van der Waals surface area contributed by atoms with E-state index in [1.54, 1.807) is 18.7 Å². The highest BCUT2D eigenvalue weighted by Crippen LogP contribution is 2.35. The van der Waals surface area contributed by atoms with Gasteiger partial charge in [0.2, 0.25) is 5.91 Å². The number of carbonyl (C=O) groups excluding carboxylic acids is 1. The monoisotopic (exact) mass is 321 g/mol. The Kier molecular flexibility index (Phi) is 5.89. The maximum atomic E-state index is 11.7. The molecule has 1 aliphatic carbocycles. The molecule has 2 unspecified atom stereocenters. The van der Waals surface area contributed by atoms with E-state index in [1.165, 1.54) is 12.8 Å². The normalized spacial score (nSPS) is 18.0. The van der Waals surface area contributed by atoms with Gasteiger partial charge in [-0.3, -0.25) is 9.59 Å². The minimum atomic E-state index is -0.822. The minimum absolute atomic E-state index is 0.111. The van der Waals surface area contributed by atoms with E-state index in [0.29, 0.717) is 5.92 Å². The highest BCUT2D eigenvalue weighted by atomic mass is 32.2. The fourth-order valence-electron chi connectivity index (χ4n) is 2.94. The quantitative estimate of drug-likeness (QED) is 0.808. The van der Waals surface area contributed by atoms with Crippen LogP contribution in [0.25, 0.3) is 0 Å². The van der Waals surface area contributed by atoms with Crippen LogP contribution in [0.15, 0.2) is 24.3 Å². The van der Waals surface area contributed by atoms with Crippen molar-refractivity contribution in [3.8, 4) is 0 Å². The van der Waals surface area contributed by atoms with Crippen LogP contribution in [0.5, 0.6) is 0 Å². The van der Waals surface area contributed by atoms with Crippen molar-refractivity contribution in [1.29, 1.82) is 0 Å². The summed E-state index contributed by atoms with van der Waals surface area (Å²) in [4.78, 5) is 22.6. The average molecular weight is 321 g/mol. The van der Waals surface area contributed by atoms with Crippen molar-refractivity contribution in [3.05, 3.63) is 35.4 Å². The number of primary amides is 1. The van der Waals surface area contributed by atoms with Crippen molar-refractivity contribution in [2.45, 2.75) is 49.5 Å². The van der Waals surface area contributed by atoms with Crippen molar-refractivity contribution < 1.29 is 14.7 Å². The van der Waals surface area contributed by atoms with Crippen molar-refractivity contribution in [1.82, 2.24) is 0 Å². The molecule has 120 valence electrons. The Labute approximate surface area is 135 Å². The van der Waals surface area contributed by atoms with Crippen LogP contribution in [0.4, 0.5) is 0 Å². The summed E-state index contributed by atoms with van der Waals surface area (Å²) in [5.74, 6) is -0.399. The second kappa shape index (κ2) is 7.68. The van der Waals surface area contributed by atoms with Crippen molar-refractivity contribution >= 4 is 23.6 Å². The number of benzene rings is 1. The maximum Gasteiger partial charge on any atom is 0.310 e. The van der Waals surface area contributed by atoms with E-state index < -0.39 is 11.9 Å². The van der Waals surface area contributed by atoms with E-state index >= 15 is 0 Å². The van der Waals surface area contributed by atoms with Gasteiger partial charge < -0.3 is 10.8 Å². The molecule has 0 aliphatic heterocycles. The van der Waals surface area contributed by atoms with Gasteiger partial charge in [0.05, 0.1) is 11.2 Å². The zero-order valence-electron chi connectivity index (χ0n) is 12.8. The number of carboxylic acid groups (broad SMARTS) is 1. The van der Waals surface area contributed by atoms with Crippen LogP contribution < -0.4 is 5.73 Å². The third-order valence-electron chi connectivity index (χ3n) is 4.39. The second-order valence-electron chi connectivity index (χ2n) is 5.98. The largest absolute Gasteiger partial charge is 0.481 e. The number of hydrogen-bond acceptors (Lipinski definition) is 3. The smallest absolute Gasteiger partial charge is 0.310 e. The van der Waals surface area contributed by atoms with E-state index in [1.807, 2.05) is 24.3 Å². The van der Waals surface area contributed by atoms with Gasteiger partial charge in [0, 0.05) is 5.75 Å². The third kappa shape index (κ3) is 4.26. The molecule has 2 rings (SSSR count). The Morgan fingerprint density at radius 3 is 2.36 bits per heavy atom. The van der Waals surface area contributed by atoms with E-state index in [-0.39, 0.29) is 11.2 Å². The molecule has 0 spiro atoms. The molecule has 1 fully saturated rings. The van der Waals surface area contributed by atoms with Gasteiger partial charge in [-0.2, -0.15) is 0 Å². The lowest BCUT2D eigenvalue weighted by atomic mass is 10.0. The highest BCUT2D eigenvalue weighted by molar-refractivity contribution is 7.99. The van der Waals surface area contributed by atoms with Crippen LogP contribution in [0.2, 0.25) is 0 Å². The van der Waals surface area contributed by atoms with E-state index in [9.17, 15) is 9.59 Å². The van der Waals surface area contributed by atoms with Crippen LogP contribution in [-0.2, 0) is 15.3 Å². The summed E-state index contributed by atoms with van der Waals surface area (Å²) in [7, 11) is 0. The lowest BCUT2D eigenvalue weighted by molar-refractivity contribution is -0.138. The Bertz CT molecular complexity index is 523. The summed E-state index contributed by atoms with van der Waals surface area (Å²) < 4.78 is 0. The van der Waals surface area contributed by atoms with Crippen molar-refractivity contribution in [2.75, 3.05) is 0 Å². The molecule has 0 radical (unpaired) electrons. The van der Waals surface area contributed by atoms with Crippen LogP contribution in [0, 0.1) is 5.92 Å². The molecule has 0 aromatic heterocycles. The fourth-order valence-corrected chi connectivity index (χ4v) is 4.21. The van der Waals surface area contributed by atoms with Gasteiger partial charge in [-0.05, 0) is 36.8 Å². The third-order valence-corrected chi connectivity index (χ3v) is 5.86. The molecule has 0 saturated heterocycles. The average Bonchev–Trinajstić information content (AvgIpc) is 3.01. The second-order valence-corrected chi connectivity index (χ2v) is 7.11. The van der Waals surface area contributed by atoms with Crippen LogP contribution in [0.1, 0.15) is 49.7 Å². The molecule has 0 heterocycles. The summed E-state index contributed by atoms with van der Waals surface area (Å²) in [5.41, 5.74) is 7.44. The van der Waals surface area contributed by atoms with Gasteiger partial charge >= 0.3 is 5.97 Å². The molecule has 1 aromatic carbocycles. The van der Waals surface area contributed by atoms with Gasteiger partial charge in [0.15, 0.2) is 0 Å². The zero-order valence-corrected chi connectivity index (χ0v) is 13.6. The molecule has 0 bridgehead atoms. The van der Waals surface area contributed by atoms with Crippen LogP contribution in [-0.4, -0.2) is 22.2 Å². The van der Waals surface area contributed by atoms with Crippen molar-refractivity contribution in [2.24, 2.45) is 11.7 Å². The molecular formula is C17H23NO3S. The number of carboxylic acids is 1. The molecular weight excluding hydrogens is 298 g/mol.